The quantitative estimate of drug-likeness (QED) is 0.439. The summed E-state index contributed by atoms with van der Waals surface area (Å²) in [5.74, 6) is 0. The van der Waals surface area contributed by atoms with Gasteiger partial charge in [0.1, 0.15) is 7.05 Å². The third-order valence-electron chi connectivity index (χ3n) is 6.55. The predicted molar refractivity (Wildman–Crippen MR) is 141 cm³/mol. The molecule has 1 aliphatic rings. The van der Waals surface area contributed by atoms with Crippen LogP contribution in [0.1, 0.15) is 11.1 Å². The Hall–Kier alpha value is -3.85. The van der Waals surface area contributed by atoms with Crippen LogP contribution in [0.3, 0.4) is 0 Å². The Kier molecular flexibility index (Phi) is 5.26. The molecule has 0 fully saturated rings. The molecular formula is C30H30N3+. The van der Waals surface area contributed by atoms with Gasteiger partial charge in [-0.05, 0) is 64.4 Å². The van der Waals surface area contributed by atoms with Gasteiger partial charge in [0.15, 0.2) is 0 Å². The highest BCUT2D eigenvalue weighted by Crippen LogP contribution is 2.30. The monoisotopic (exact) mass is 432 g/mol. The van der Waals surface area contributed by atoms with Gasteiger partial charge in [0, 0.05) is 51.7 Å². The second-order valence-electron chi connectivity index (χ2n) is 9.07. The number of rotatable bonds is 4. The van der Waals surface area contributed by atoms with Crippen molar-refractivity contribution in [2.45, 2.75) is 0 Å². The summed E-state index contributed by atoms with van der Waals surface area (Å²) in [5, 5.41) is 2.49. The van der Waals surface area contributed by atoms with Gasteiger partial charge in [0.05, 0.1) is 11.1 Å². The molecule has 0 saturated carbocycles. The molecule has 0 unspecified atom stereocenters. The Morgan fingerprint density at radius 1 is 0.606 bits per heavy atom. The highest BCUT2D eigenvalue weighted by Gasteiger charge is 2.24. The normalized spacial score (nSPS) is 11.7. The zero-order valence-electron chi connectivity index (χ0n) is 20.0. The maximum atomic E-state index is 2.35. The summed E-state index contributed by atoms with van der Waals surface area (Å²) < 4.78 is 2.28. The standard InChI is InChI=1S/C30H30N3/c1-31(2)24-15-10-21(11-16-24)30(22-12-17-25(18-13-22)32(3)4)23-14-19-29-27(20-23)26-8-6-7-9-28(26)33(29)5/h6-20H,1-5H3/q+1. The second kappa shape index (κ2) is 8.25. The van der Waals surface area contributed by atoms with E-state index in [2.05, 4.69) is 141 Å². The second-order valence-corrected chi connectivity index (χ2v) is 9.07. The summed E-state index contributed by atoms with van der Waals surface area (Å²) in [6.45, 7) is 0. The first-order chi connectivity index (χ1) is 15.9. The fourth-order valence-corrected chi connectivity index (χ4v) is 4.68. The van der Waals surface area contributed by atoms with Gasteiger partial charge in [-0.1, -0.05) is 36.4 Å². The van der Waals surface area contributed by atoms with Crippen molar-refractivity contribution in [1.82, 2.24) is 4.58 Å². The number of hydrogen-bond acceptors (Lipinski definition) is 2. The molecule has 0 amide bonds. The smallest absolute Gasteiger partial charge is 0.213 e. The van der Waals surface area contributed by atoms with Crippen LogP contribution in [0.2, 0.25) is 0 Å². The van der Waals surface area contributed by atoms with Crippen LogP contribution in [0.5, 0.6) is 0 Å². The van der Waals surface area contributed by atoms with Crippen molar-refractivity contribution in [3.63, 3.8) is 0 Å². The Labute approximate surface area is 196 Å². The molecule has 1 aliphatic heterocycles. The number of benzene rings is 4. The fourth-order valence-electron chi connectivity index (χ4n) is 4.68. The third kappa shape index (κ3) is 3.70. The van der Waals surface area contributed by atoms with Crippen LogP contribution < -0.4 is 25.0 Å². The lowest BCUT2D eigenvalue weighted by Gasteiger charge is -2.16. The van der Waals surface area contributed by atoms with E-state index in [1.807, 2.05) is 0 Å². The van der Waals surface area contributed by atoms with Crippen molar-refractivity contribution < 1.29 is 0 Å². The van der Waals surface area contributed by atoms with E-state index in [0.717, 1.165) is 0 Å². The van der Waals surface area contributed by atoms with E-state index in [4.69, 9.17) is 0 Å². The Morgan fingerprint density at radius 2 is 1.15 bits per heavy atom. The number of nitrogens with zero attached hydrogens (tertiary/aromatic N) is 3. The van der Waals surface area contributed by atoms with Crippen LogP contribution in [-0.4, -0.2) is 35.2 Å². The van der Waals surface area contributed by atoms with Crippen LogP contribution in [0.15, 0.2) is 91.0 Å². The molecule has 4 aromatic carbocycles. The summed E-state index contributed by atoms with van der Waals surface area (Å²) >= 11 is 0. The van der Waals surface area contributed by atoms with Gasteiger partial charge in [-0.15, -0.1) is 0 Å². The van der Waals surface area contributed by atoms with Crippen LogP contribution >= 0.6 is 0 Å². The van der Waals surface area contributed by atoms with Gasteiger partial charge >= 0.3 is 0 Å². The zero-order chi connectivity index (χ0) is 23.1. The maximum absolute atomic E-state index is 2.35. The van der Waals surface area contributed by atoms with Gasteiger partial charge in [-0.3, -0.25) is 0 Å². The molecule has 0 N–H and O–H groups in total. The predicted octanol–water partition coefficient (Wildman–Crippen LogP) is 4.50. The summed E-state index contributed by atoms with van der Waals surface area (Å²) in [5.41, 5.74) is 9.93. The first-order valence-corrected chi connectivity index (χ1v) is 11.3. The van der Waals surface area contributed by atoms with Crippen molar-refractivity contribution >= 4 is 22.6 Å². The minimum absolute atomic E-state index is 1.20. The molecule has 33 heavy (non-hydrogen) atoms. The molecule has 5 rings (SSSR count). The van der Waals surface area contributed by atoms with E-state index >= 15 is 0 Å². The Morgan fingerprint density at radius 3 is 1.70 bits per heavy atom. The maximum Gasteiger partial charge on any atom is 0.213 e. The third-order valence-corrected chi connectivity index (χ3v) is 6.55. The summed E-state index contributed by atoms with van der Waals surface area (Å²) in [7, 11) is 10.5. The van der Waals surface area contributed by atoms with E-state index in [9.17, 15) is 0 Å². The minimum Gasteiger partial charge on any atom is -0.378 e. The Bertz CT molecular complexity index is 1390. The molecule has 0 spiro atoms. The van der Waals surface area contributed by atoms with Crippen molar-refractivity contribution in [3.05, 3.63) is 113 Å². The molecule has 0 atom stereocenters. The lowest BCUT2D eigenvalue weighted by Crippen LogP contribution is -2.21. The van der Waals surface area contributed by atoms with Crippen molar-refractivity contribution in [3.8, 4) is 11.1 Å². The lowest BCUT2D eigenvalue weighted by atomic mass is 9.93. The first kappa shape index (κ1) is 21.0. The number of fused-ring (bicyclic) bond motifs is 3. The summed E-state index contributed by atoms with van der Waals surface area (Å²) in [4.78, 5) is 4.27. The van der Waals surface area contributed by atoms with E-state index in [0.29, 0.717) is 0 Å². The van der Waals surface area contributed by atoms with Crippen molar-refractivity contribution in [2.75, 3.05) is 45.0 Å². The molecule has 1 heterocycles. The fraction of sp³-hybridized carbons (Fsp3) is 0.167. The van der Waals surface area contributed by atoms with Gasteiger partial charge < -0.3 is 9.80 Å². The van der Waals surface area contributed by atoms with Gasteiger partial charge in [0.25, 0.3) is 0 Å². The molecule has 0 aromatic heterocycles. The van der Waals surface area contributed by atoms with Crippen molar-refractivity contribution in [2.24, 2.45) is 0 Å². The van der Waals surface area contributed by atoms with Crippen LogP contribution in [-0.2, 0) is 0 Å². The molecule has 3 heteroatoms. The van der Waals surface area contributed by atoms with Crippen LogP contribution in [0, 0.1) is 0 Å². The van der Waals surface area contributed by atoms with E-state index < -0.39 is 0 Å². The molecule has 0 saturated heterocycles. The molecule has 4 aromatic rings. The van der Waals surface area contributed by atoms with E-state index in [-0.39, 0.29) is 0 Å². The molecule has 0 aliphatic carbocycles. The molecule has 3 nitrogen and oxygen atoms in total. The number of hydrogen-bond donors (Lipinski definition) is 0. The average Bonchev–Trinajstić information content (AvgIpc) is 3.12. The van der Waals surface area contributed by atoms with E-state index in [1.165, 1.54) is 55.5 Å². The molecule has 0 bridgehead atoms. The Balaban J connectivity index is 1.77. The highest BCUT2D eigenvalue weighted by atomic mass is 15.1. The topological polar surface area (TPSA) is 9.49 Å². The SMILES string of the molecule is CN(C)c1ccc(C(c2ccc(N(C)C)cc2)=c2ccc3c(c2)-c2ccccc2[N+]=3C)cc1. The van der Waals surface area contributed by atoms with E-state index in [1.54, 1.807) is 0 Å². The summed E-state index contributed by atoms with van der Waals surface area (Å²) in [6, 6.07) is 33.2. The largest absolute Gasteiger partial charge is 0.378 e. The van der Waals surface area contributed by atoms with Gasteiger partial charge in [0.2, 0.25) is 11.0 Å². The number of anilines is 2. The van der Waals surface area contributed by atoms with Crippen LogP contribution in [0.25, 0.3) is 16.7 Å². The highest BCUT2D eigenvalue weighted by molar-refractivity contribution is 5.84. The lowest BCUT2D eigenvalue weighted by molar-refractivity contribution is 0.919. The minimum atomic E-state index is 1.20. The molecule has 0 radical (unpaired) electrons. The number of para-hydroxylation sites is 1. The van der Waals surface area contributed by atoms with Gasteiger partial charge in [-0.25, -0.2) is 0 Å². The van der Waals surface area contributed by atoms with Crippen molar-refractivity contribution in [1.29, 1.82) is 0 Å². The summed E-state index contributed by atoms with van der Waals surface area (Å²) in [6.07, 6.45) is 0. The van der Waals surface area contributed by atoms with Crippen LogP contribution in [0.4, 0.5) is 17.1 Å². The molecular weight excluding hydrogens is 402 g/mol. The first-order valence-electron chi connectivity index (χ1n) is 11.3. The average molecular weight is 433 g/mol. The van der Waals surface area contributed by atoms with Gasteiger partial charge in [-0.2, -0.15) is 4.58 Å². The molecule has 164 valence electrons. The zero-order valence-corrected chi connectivity index (χ0v) is 20.0.